The summed E-state index contributed by atoms with van der Waals surface area (Å²) in [4.78, 5) is 30.0. The van der Waals surface area contributed by atoms with Gasteiger partial charge in [0, 0.05) is 90.5 Å². The summed E-state index contributed by atoms with van der Waals surface area (Å²) < 4.78 is 0. The number of carbonyl (C=O) groups is 1. The van der Waals surface area contributed by atoms with Gasteiger partial charge in [0.1, 0.15) is 5.65 Å². The maximum absolute atomic E-state index is 12.3. The maximum atomic E-state index is 12.3. The van der Waals surface area contributed by atoms with Crippen molar-refractivity contribution in [2.75, 3.05) is 45.8 Å². The molecule has 3 aromatic heterocycles. The fraction of sp³-hybridized carbons (Fsp3) is 0.481. The van der Waals surface area contributed by atoms with Crippen molar-refractivity contribution in [1.82, 2.24) is 30.0 Å². The predicted octanol–water partition coefficient (Wildman–Crippen LogP) is 4.64. The third kappa shape index (κ3) is 5.44. The molecule has 1 fully saturated rings. The van der Waals surface area contributed by atoms with Crippen molar-refractivity contribution in [3.05, 3.63) is 47.1 Å². The summed E-state index contributed by atoms with van der Waals surface area (Å²) in [6, 6.07) is 6.94. The largest absolute Gasteiger partial charge is 0.346 e. The first-order valence-electron chi connectivity index (χ1n) is 12.8. The standard InChI is InChI=1S/C27H36N6OS/c1-4-31-11-13-32(14-12-31)18-22-5-6-25(35-22)21-15-23-24(17-29-26(23)28-16-21)20-7-9-33(10-8-20)27(34)30-19(2)3/h5-7,15-17,19H,4,8-14,18H2,1-3H3,(H,28,29)(H,30,34). The molecule has 1 saturated heterocycles. The number of piperazine rings is 1. The van der Waals surface area contributed by atoms with Gasteiger partial charge in [-0.2, -0.15) is 0 Å². The Labute approximate surface area is 211 Å². The number of rotatable bonds is 6. The molecule has 2 N–H and O–H groups in total. The van der Waals surface area contributed by atoms with Crippen molar-refractivity contribution in [2.24, 2.45) is 0 Å². The topological polar surface area (TPSA) is 67.5 Å². The molecule has 0 atom stereocenters. The number of aromatic amines is 1. The lowest BCUT2D eigenvalue weighted by molar-refractivity contribution is 0.133. The second kappa shape index (κ2) is 10.5. The molecule has 0 unspecified atom stereocenters. The molecule has 2 aliphatic heterocycles. The van der Waals surface area contributed by atoms with Crippen LogP contribution in [0.5, 0.6) is 0 Å². The average Bonchev–Trinajstić information content (AvgIpc) is 3.51. The summed E-state index contributed by atoms with van der Waals surface area (Å²) in [5.41, 5.74) is 4.56. The highest BCUT2D eigenvalue weighted by atomic mass is 32.1. The zero-order valence-electron chi connectivity index (χ0n) is 21.0. The molecule has 2 amide bonds. The molecular weight excluding hydrogens is 456 g/mol. The minimum atomic E-state index is 0.0129. The van der Waals surface area contributed by atoms with E-state index in [1.807, 2.05) is 36.3 Å². The van der Waals surface area contributed by atoms with Crippen LogP contribution in [0.4, 0.5) is 4.79 Å². The highest BCUT2D eigenvalue weighted by Crippen LogP contribution is 2.34. The molecule has 0 bridgehead atoms. The number of amides is 2. The van der Waals surface area contributed by atoms with Crippen LogP contribution in [0.25, 0.3) is 27.0 Å². The second-order valence-corrected chi connectivity index (χ2v) is 11.0. The van der Waals surface area contributed by atoms with Gasteiger partial charge in [-0.3, -0.25) is 4.90 Å². The Hall–Kier alpha value is -2.68. The number of aromatic nitrogens is 2. The van der Waals surface area contributed by atoms with Crippen molar-refractivity contribution < 1.29 is 4.79 Å². The lowest BCUT2D eigenvalue weighted by atomic mass is 9.99. The number of hydrogen-bond donors (Lipinski definition) is 2. The van der Waals surface area contributed by atoms with Crippen molar-refractivity contribution in [1.29, 1.82) is 0 Å². The Morgan fingerprint density at radius 1 is 1.17 bits per heavy atom. The van der Waals surface area contributed by atoms with Gasteiger partial charge >= 0.3 is 6.03 Å². The number of thiophene rings is 1. The fourth-order valence-corrected chi connectivity index (χ4v) is 5.97. The van der Waals surface area contributed by atoms with Crippen molar-refractivity contribution in [3.63, 3.8) is 0 Å². The summed E-state index contributed by atoms with van der Waals surface area (Å²) in [6.07, 6.45) is 7.07. The molecule has 0 saturated carbocycles. The first kappa shape index (κ1) is 24.0. The van der Waals surface area contributed by atoms with Gasteiger partial charge in [0.15, 0.2) is 0 Å². The van der Waals surface area contributed by atoms with E-state index < -0.39 is 0 Å². The van der Waals surface area contributed by atoms with E-state index in [-0.39, 0.29) is 12.1 Å². The van der Waals surface area contributed by atoms with E-state index in [1.165, 1.54) is 39.5 Å². The van der Waals surface area contributed by atoms with E-state index in [9.17, 15) is 4.79 Å². The number of nitrogens with one attached hydrogen (secondary N) is 2. The van der Waals surface area contributed by atoms with Crippen LogP contribution < -0.4 is 5.32 Å². The molecule has 0 spiro atoms. The van der Waals surface area contributed by atoms with E-state index in [0.717, 1.165) is 50.2 Å². The minimum absolute atomic E-state index is 0.0129. The molecular formula is C27H36N6OS. The lowest BCUT2D eigenvalue weighted by Gasteiger charge is -2.33. The van der Waals surface area contributed by atoms with Gasteiger partial charge in [0.2, 0.25) is 0 Å². The maximum Gasteiger partial charge on any atom is 0.317 e. The van der Waals surface area contributed by atoms with Crippen LogP contribution in [0.2, 0.25) is 0 Å². The highest BCUT2D eigenvalue weighted by Gasteiger charge is 2.21. The Bertz CT molecular complexity index is 1200. The number of carbonyl (C=O) groups excluding carboxylic acids is 1. The molecule has 186 valence electrons. The van der Waals surface area contributed by atoms with Gasteiger partial charge in [-0.25, -0.2) is 9.78 Å². The van der Waals surface area contributed by atoms with E-state index in [0.29, 0.717) is 6.54 Å². The molecule has 0 aromatic carbocycles. The smallest absolute Gasteiger partial charge is 0.317 e. The number of hydrogen-bond acceptors (Lipinski definition) is 5. The number of H-pyrrole nitrogens is 1. The summed E-state index contributed by atoms with van der Waals surface area (Å²) in [5.74, 6) is 0. The summed E-state index contributed by atoms with van der Waals surface area (Å²) in [5, 5.41) is 4.14. The first-order valence-corrected chi connectivity index (χ1v) is 13.6. The molecule has 5 rings (SSSR count). The molecule has 2 aliphatic rings. The van der Waals surface area contributed by atoms with Crippen LogP contribution >= 0.6 is 11.3 Å². The van der Waals surface area contributed by atoms with Crippen LogP contribution in [-0.4, -0.2) is 82.6 Å². The minimum Gasteiger partial charge on any atom is -0.346 e. The van der Waals surface area contributed by atoms with E-state index >= 15 is 0 Å². The SMILES string of the molecule is CCN1CCN(Cc2ccc(-c3cnc4[nH]cc(C5=CCN(C(=O)NC(C)C)CC5)c4c3)s2)CC1. The number of fused-ring (bicyclic) bond motifs is 1. The Balaban J connectivity index is 1.30. The molecule has 7 nitrogen and oxygen atoms in total. The van der Waals surface area contributed by atoms with Crippen molar-refractivity contribution in [3.8, 4) is 10.4 Å². The molecule has 3 aromatic rings. The van der Waals surface area contributed by atoms with E-state index in [4.69, 9.17) is 4.98 Å². The quantitative estimate of drug-likeness (QED) is 0.526. The van der Waals surface area contributed by atoms with Crippen LogP contribution in [0, 0.1) is 0 Å². The van der Waals surface area contributed by atoms with Crippen molar-refractivity contribution in [2.45, 2.75) is 39.8 Å². The third-order valence-electron chi connectivity index (χ3n) is 7.02. The predicted molar refractivity (Wildman–Crippen MR) is 145 cm³/mol. The van der Waals surface area contributed by atoms with Crippen molar-refractivity contribution >= 4 is 34.0 Å². The normalized spacial score (nSPS) is 17.8. The van der Waals surface area contributed by atoms with Gasteiger partial charge in [0.25, 0.3) is 0 Å². The van der Waals surface area contributed by atoms with Crippen LogP contribution in [0.15, 0.2) is 36.7 Å². The zero-order valence-corrected chi connectivity index (χ0v) is 21.8. The lowest BCUT2D eigenvalue weighted by Crippen LogP contribution is -2.45. The van der Waals surface area contributed by atoms with Gasteiger partial charge in [0.05, 0.1) is 0 Å². The van der Waals surface area contributed by atoms with Gasteiger partial charge in [-0.05, 0) is 50.6 Å². The third-order valence-corrected chi connectivity index (χ3v) is 8.14. The summed E-state index contributed by atoms with van der Waals surface area (Å²) >= 11 is 1.88. The Morgan fingerprint density at radius 2 is 1.97 bits per heavy atom. The van der Waals surface area contributed by atoms with Gasteiger partial charge < -0.3 is 20.1 Å². The van der Waals surface area contributed by atoms with Crippen LogP contribution in [-0.2, 0) is 6.54 Å². The summed E-state index contributed by atoms with van der Waals surface area (Å²) in [6.45, 7) is 14.4. The molecule has 0 aliphatic carbocycles. The number of nitrogens with zero attached hydrogens (tertiary/aromatic N) is 4. The molecule has 0 radical (unpaired) electrons. The van der Waals surface area contributed by atoms with Gasteiger partial charge in [-0.1, -0.05) is 13.0 Å². The number of urea groups is 1. The zero-order chi connectivity index (χ0) is 24.4. The Morgan fingerprint density at radius 3 is 2.69 bits per heavy atom. The monoisotopic (exact) mass is 492 g/mol. The number of pyridine rings is 1. The Kier molecular flexibility index (Phi) is 7.22. The fourth-order valence-electron chi connectivity index (χ4n) is 4.94. The average molecular weight is 493 g/mol. The second-order valence-electron chi connectivity index (χ2n) is 9.83. The highest BCUT2D eigenvalue weighted by molar-refractivity contribution is 7.15. The van der Waals surface area contributed by atoms with Crippen LogP contribution in [0.3, 0.4) is 0 Å². The first-order chi connectivity index (χ1) is 17.0. The van der Waals surface area contributed by atoms with E-state index in [1.54, 1.807) is 0 Å². The van der Waals surface area contributed by atoms with Gasteiger partial charge in [-0.15, -0.1) is 11.3 Å². The van der Waals surface area contributed by atoms with Crippen LogP contribution in [0.1, 0.15) is 37.6 Å². The summed E-state index contributed by atoms with van der Waals surface area (Å²) in [7, 11) is 0. The molecule has 8 heteroatoms. The number of likely N-dealkylation sites (N-methyl/N-ethyl adjacent to an activating group) is 1. The molecule has 35 heavy (non-hydrogen) atoms. The molecule has 5 heterocycles. The van der Waals surface area contributed by atoms with E-state index in [2.05, 4.69) is 57.5 Å².